The second-order valence-electron chi connectivity index (χ2n) is 6.05. The zero-order valence-corrected chi connectivity index (χ0v) is 17.2. The summed E-state index contributed by atoms with van der Waals surface area (Å²) in [7, 11) is 3.07. The van der Waals surface area contributed by atoms with Crippen molar-refractivity contribution < 1.29 is 36.9 Å². The van der Waals surface area contributed by atoms with Gasteiger partial charge >= 0.3 is 12.1 Å². The van der Waals surface area contributed by atoms with Gasteiger partial charge in [-0.15, -0.1) is 11.3 Å². The van der Waals surface area contributed by atoms with Crippen LogP contribution in [0, 0.1) is 0 Å². The van der Waals surface area contributed by atoms with Crippen LogP contribution < -0.4 is 14.2 Å². The number of alkyl halides is 3. The number of methoxy groups -OCH3 is 2. The lowest BCUT2D eigenvalue weighted by molar-refractivity contribution is -0.154. The standard InChI is InChI=1S/C20H17F3N2O5S/c1-27-15-5-3-4-14(17(15)28-2)18-25-13(10-31-18)9-29-19(26)12-6-7-16(24-8-12)30-11-20(21,22)23/h3-8,10H,9,11H2,1-2H3. The molecule has 0 N–H and O–H groups in total. The fourth-order valence-electron chi connectivity index (χ4n) is 2.52. The first-order valence-electron chi connectivity index (χ1n) is 8.79. The number of aromatic nitrogens is 2. The second-order valence-corrected chi connectivity index (χ2v) is 6.91. The zero-order valence-electron chi connectivity index (χ0n) is 16.4. The van der Waals surface area contributed by atoms with Gasteiger partial charge in [-0.25, -0.2) is 14.8 Å². The Kier molecular flexibility index (Phi) is 6.95. The Labute approximate surface area is 179 Å². The number of pyridine rings is 1. The number of esters is 1. The molecule has 0 fully saturated rings. The van der Waals surface area contributed by atoms with E-state index < -0.39 is 18.8 Å². The normalized spacial score (nSPS) is 11.1. The molecule has 0 unspecified atom stereocenters. The van der Waals surface area contributed by atoms with Gasteiger partial charge < -0.3 is 18.9 Å². The summed E-state index contributed by atoms with van der Waals surface area (Å²) in [5, 5.41) is 2.41. The molecule has 11 heteroatoms. The van der Waals surface area contributed by atoms with Crippen molar-refractivity contribution in [3.05, 3.63) is 53.2 Å². The summed E-state index contributed by atoms with van der Waals surface area (Å²) in [4.78, 5) is 20.3. The molecule has 0 saturated heterocycles. The third-order valence-electron chi connectivity index (χ3n) is 3.89. The molecule has 3 rings (SSSR count). The molecule has 0 aliphatic rings. The van der Waals surface area contributed by atoms with Crippen LogP contribution in [0.5, 0.6) is 17.4 Å². The Morgan fingerprint density at radius 2 is 1.94 bits per heavy atom. The summed E-state index contributed by atoms with van der Waals surface area (Å²) < 4.78 is 56.9. The zero-order chi connectivity index (χ0) is 22.4. The van der Waals surface area contributed by atoms with E-state index in [0.717, 1.165) is 11.8 Å². The van der Waals surface area contributed by atoms with E-state index in [1.807, 2.05) is 12.1 Å². The van der Waals surface area contributed by atoms with Gasteiger partial charge in [0.05, 0.1) is 31.0 Å². The Morgan fingerprint density at radius 3 is 2.58 bits per heavy atom. The molecule has 0 aliphatic carbocycles. The molecule has 164 valence electrons. The number of ether oxygens (including phenoxy) is 4. The number of thiazole rings is 1. The minimum Gasteiger partial charge on any atom is -0.493 e. The molecule has 2 heterocycles. The number of rotatable bonds is 8. The molecule has 0 saturated carbocycles. The number of hydrogen-bond acceptors (Lipinski definition) is 8. The lowest BCUT2D eigenvalue weighted by atomic mass is 10.2. The molecule has 1 aromatic carbocycles. The summed E-state index contributed by atoms with van der Waals surface area (Å²) in [6.45, 7) is -1.55. The molecule has 0 radical (unpaired) electrons. The molecule has 0 aliphatic heterocycles. The van der Waals surface area contributed by atoms with E-state index in [9.17, 15) is 18.0 Å². The van der Waals surface area contributed by atoms with Crippen LogP contribution in [0.15, 0.2) is 41.9 Å². The maximum absolute atomic E-state index is 12.2. The number of carbonyl (C=O) groups is 1. The molecule has 2 aromatic heterocycles. The highest BCUT2D eigenvalue weighted by molar-refractivity contribution is 7.13. The van der Waals surface area contributed by atoms with Gasteiger partial charge in [-0.1, -0.05) is 6.07 Å². The smallest absolute Gasteiger partial charge is 0.422 e. The highest BCUT2D eigenvalue weighted by Gasteiger charge is 2.28. The molecule has 31 heavy (non-hydrogen) atoms. The number of para-hydroxylation sites is 1. The predicted molar refractivity (Wildman–Crippen MR) is 106 cm³/mol. The van der Waals surface area contributed by atoms with Crippen LogP contribution in [0.1, 0.15) is 16.1 Å². The largest absolute Gasteiger partial charge is 0.493 e. The van der Waals surface area contributed by atoms with E-state index in [2.05, 4.69) is 14.7 Å². The average molecular weight is 454 g/mol. The Bertz CT molecular complexity index is 1040. The predicted octanol–water partition coefficient (Wildman–Crippen LogP) is 4.52. The van der Waals surface area contributed by atoms with E-state index in [-0.39, 0.29) is 18.1 Å². The van der Waals surface area contributed by atoms with Crippen molar-refractivity contribution in [3.63, 3.8) is 0 Å². The van der Waals surface area contributed by atoms with E-state index >= 15 is 0 Å². The van der Waals surface area contributed by atoms with Gasteiger partial charge in [-0.05, 0) is 18.2 Å². The van der Waals surface area contributed by atoms with E-state index in [4.69, 9.17) is 14.2 Å². The quantitative estimate of drug-likeness (QED) is 0.463. The van der Waals surface area contributed by atoms with Crippen LogP contribution >= 0.6 is 11.3 Å². The van der Waals surface area contributed by atoms with E-state index in [1.165, 1.54) is 37.7 Å². The minimum atomic E-state index is -4.47. The van der Waals surface area contributed by atoms with Crippen molar-refractivity contribution in [2.45, 2.75) is 12.8 Å². The maximum atomic E-state index is 12.2. The first kappa shape index (κ1) is 22.3. The number of hydrogen-bond donors (Lipinski definition) is 0. The van der Waals surface area contributed by atoms with Crippen molar-refractivity contribution in [2.75, 3.05) is 20.8 Å². The van der Waals surface area contributed by atoms with Gasteiger partial charge in [0.2, 0.25) is 5.88 Å². The van der Waals surface area contributed by atoms with Gasteiger partial charge in [0, 0.05) is 17.6 Å². The lowest BCUT2D eigenvalue weighted by Crippen LogP contribution is -2.19. The van der Waals surface area contributed by atoms with Crippen LogP contribution in [0.4, 0.5) is 13.2 Å². The Balaban J connectivity index is 1.61. The topological polar surface area (TPSA) is 79.8 Å². The lowest BCUT2D eigenvalue weighted by Gasteiger charge is -2.10. The molecule has 0 amide bonds. The third-order valence-corrected chi connectivity index (χ3v) is 4.82. The maximum Gasteiger partial charge on any atom is 0.422 e. The van der Waals surface area contributed by atoms with Gasteiger partial charge in [-0.3, -0.25) is 0 Å². The summed E-state index contributed by atoms with van der Waals surface area (Å²) >= 11 is 1.35. The summed E-state index contributed by atoms with van der Waals surface area (Å²) in [6, 6.07) is 7.86. The fourth-order valence-corrected chi connectivity index (χ4v) is 3.34. The van der Waals surface area contributed by atoms with Crippen LogP contribution in [-0.2, 0) is 11.3 Å². The molecule has 0 atom stereocenters. The number of nitrogens with zero attached hydrogens (tertiary/aromatic N) is 2. The van der Waals surface area contributed by atoms with Crippen LogP contribution in [0.3, 0.4) is 0 Å². The Hall–Kier alpha value is -3.34. The number of benzene rings is 1. The summed E-state index contributed by atoms with van der Waals surface area (Å²) in [6.07, 6.45) is -3.39. The average Bonchev–Trinajstić information content (AvgIpc) is 3.24. The SMILES string of the molecule is COc1cccc(-c2nc(COC(=O)c3ccc(OCC(F)(F)F)nc3)cs2)c1OC. The van der Waals surface area contributed by atoms with Crippen LogP contribution in [0.2, 0.25) is 0 Å². The third kappa shape index (κ3) is 5.85. The van der Waals surface area contributed by atoms with Crippen molar-refractivity contribution in [1.82, 2.24) is 9.97 Å². The highest BCUT2D eigenvalue weighted by atomic mass is 32.1. The van der Waals surface area contributed by atoms with E-state index in [1.54, 1.807) is 11.4 Å². The molecule has 0 bridgehead atoms. The van der Waals surface area contributed by atoms with Gasteiger partial charge in [0.25, 0.3) is 0 Å². The van der Waals surface area contributed by atoms with Gasteiger partial charge in [0.15, 0.2) is 18.1 Å². The number of carbonyl (C=O) groups excluding carboxylic acids is 1. The van der Waals surface area contributed by atoms with E-state index in [0.29, 0.717) is 22.2 Å². The molecule has 7 nitrogen and oxygen atoms in total. The van der Waals surface area contributed by atoms with Crippen molar-refractivity contribution in [2.24, 2.45) is 0 Å². The first-order chi connectivity index (χ1) is 14.8. The van der Waals surface area contributed by atoms with Crippen LogP contribution in [0.25, 0.3) is 10.6 Å². The highest BCUT2D eigenvalue weighted by Crippen LogP contribution is 2.39. The molecular weight excluding hydrogens is 437 g/mol. The summed E-state index contributed by atoms with van der Waals surface area (Å²) in [5.41, 5.74) is 1.34. The van der Waals surface area contributed by atoms with Crippen molar-refractivity contribution in [1.29, 1.82) is 0 Å². The first-order valence-corrected chi connectivity index (χ1v) is 9.67. The second kappa shape index (κ2) is 9.65. The van der Waals surface area contributed by atoms with Crippen LogP contribution in [-0.4, -0.2) is 42.9 Å². The van der Waals surface area contributed by atoms with Crippen molar-refractivity contribution in [3.8, 4) is 28.0 Å². The monoisotopic (exact) mass is 454 g/mol. The summed E-state index contributed by atoms with van der Waals surface area (Å²) in [5.74, 6) is 0.175. The fraction of sp³-hybridized carbons (Fsp3) is 0.250. The van der Waals surface area contributed by atoms with Gasteiger partial charge in [0.1, 0.15) is 11.6 Å². The Morgan fingerprint density at radius 1 is 1.13 bits per heavy atom. The van der Waals surface area contributed by atoms with Gasteiger partial charge in [-0.2, -0.15) is 13.2 Å². The molecular formula is C20H17F3N2O5S. The molecule has 3 aromatic rings. The minimum absolute atomic E-state index is 0.0734. The van der Waals surface area contributed by atoms with Crippen molar-refractivity contribution >= 4 is 17.3 Å². The molecule has 0 spiro atoms. The number of halogens is 3.